The van der Waals surface area contributed by atoms with Crippen LogP contribution in [0.3, 0.4) is 0 Å². The predicted molar refractivity (Wildman–Crippen MR) is 168 cm³/mol. The van der Waals surface area contributed by atoms with Crippen LogP contribution in [0.15, 0.2) is 47.6 Å². The molecular formula is C34H40O16. The molecule has 3 rings (SSSR count). The van der Waals surface area contributed by atoms with Gasteiger partial charge in [-0.15, -0.1) is 0 Å². The summed E-state index contributed by atoms with van der Waals surface area (Å²) in [6.45, 7) is 6.41. The van der Waals surface area contributed by atoms with Crippen molar-refractivity contribution in [1.29, 1.82) is 0 Å². The zero-order chi connectivity index (χ0) is 37.9. The van der Waals surface area contributed by atoms with Crippen molar-refractivity contribution in [3.8, 4) is 0 Å². The summed E-state index contributed by atoms with van der Waals surface area (Å²) in [7, 11) is 0. The largest absolute Gasteiger partial charge is 0.480 e. The van der Waals surface area contributed by atoms with E-state index < -0.39 is 107 Å². The molecule has 3 fully saturated rings. The lowest BCUT2D eigenvalue weighted by atomic mass is 9.73. The van der Waals surface area contributed by atoms with Crippen LogP contribution >= 0.6 is 0 Å². The van der Waals surface area contributed by atoms with Crippen LogP contribution < -0.4 is 0 Å². The highest BCUT2D eigenvalue weighted by atomic mass is 16.4. The second-order valence-corrected chi connectivity index (χ2v) is 13.8. The lowest BCUT2D eigenvalue weighted by molar-refractivity contribution is -0.167. The number of carbonyl (C=O) groups is 8. The fraction of sp³-hybridized carbons (Fsp3) is 0.529. The van der Waals surface area contributed by atoms with Crippen LogP contribution in [0.2, 0.25) is 0 Å². The van der Waals surface area contributed by atoms with Gasteiger partial charge in [0.05, 0.1) is 0 Å². The highest BCUT2D eigenvalue weighted by molar-refractivity contribution is 6.03. The molecule has 3 aliphatic carbocycles. The minimum atomic E-state index is -2.76. The third kappa shape index (κ3) is 7.95. The molecule has 0 spiro atoms. The first kappa shape index (κ1) is 39.2. The van der Waals surface area contributed by atoms with Gasteiger partial charge in [0.15, 0.2) is 10.8 Å². The van der Waals surface area contributed by atoms with Gasteiger partial charge in [0.1, 0.15) is 0 Å². The topological polar surface area (TPSA) is 298 Å². The van der Waals surface area contributed by atoms with Crippen molar-refractivity contribution in [2.24, 2.45) is 46.3 Å². The van der Waals surface area contributed by atoms with E-state index in [2.05, 4.69) is 13.2 Å². The maximum Gasteiger partial charge on any atom is 0.331 e. The maximum atomic E-state index is 12.1. The van der Waals surface area contributed by atoms with Gasteiger partial charge in [-0.1, -0.05) is 25.3 Å². The molecule has 0 amide bonds. The summed E-state index contributed by atoms with van der Waals surface area (Å²) >= 11 is 0. The number of fused-ring (bicyclic) bond motifs is 5. The van der Waals surface area contributed by atoms with Gasteiger partial charge in [0.2, 0.25) is 0 Å². The van der Waals surface area contributed by atoms with Gasteiger partial charge in [0, 0.05) is 48.0 Å². The summed E-state index contributed by atoms with van der Waals surface area (Å²) in [5.41, 5.74) is -7.90. The molecule has 272 valence electrons. The first-order valence-corrected chi connectivity index (χ1v) is 15.8. The van der Waals surface area contributed by atoms with Crippen molar-refractivity contribution in [1.82, 2.24) is 0 Å². The normalized spacial score (nSPS) is 24.6. The minimum Gasteiger partial charge on any atom is -0.480 e. The standard InChI is InChI=1S/C34H40O16/c1-15(25(35)36)11-33(29(43)44,30(45)46)13-19(27(39)40)4-3-17-7-22-21-9-18(23(10-21)24(22)8-17)5-6-20(28(41)42)14-34(31(47)48,32(49)50)12-16(2)26(37)38/h4,6,17-18,21-24H,1-3,5,7-14H2,(H,35,36)(H,37,38)(H,39,40)(H,41,42)(H,43,44)(H,45,46)(H,47,48)(H,49,50)/b19-4-,20-6-. The summed E-state index contributed by atoms with van der Waals surface area (Å²) in [6, 6.07) is 0. The second kappa shape index (κ2) is 15.1. The number of rotatable bonds is 20. The number of allylic oxidation sites excluding steroid dienone is 2. The van der Waals surface area contributed by atoms with E-state index in [0.29, 0.717) is 6.42 Å². The van der Waals surface area contributed by atoms with Gasteiger partial charge in [-0.2, -0.15) is 0 Å². The molecule has 0 aliphatic heterocycles. The molecule has 0 aromatic heterocycles. The van der Waals surface area contributed by atoms with E-state index in [0.717, 1.165) is 19.3 Å². The van der Waals surface area contributed by atoms with E-state index in [1.54, 1.807) is 0 Å². The molecule has 16 nitrogen and oxygen atoms in total. The number of hydrogen-bond donors (Lipinski definition) is 8. The Kier molecular flexibility index (Phi) is 11.8. The lowest BCUT2D eigenvalue weighted by Crippen LogP contribution is -2.41. The Labute approximate surface area is 285 Å². The number of carboxylic acid groups (broad SMARTS) is 8. The number of aliphatic carboxylic acids is 8. The van der Waals surface area contributed by atoms with Crippen molar-refractivity contribution in [3.05, 3.63) is 47.6 Å². The second-order valence-electron chi connectivity index (χ2n) is 13.8. The van der Waals surface area contributed by atoms with Gasteiger partial charge >= 0.3 is 47.8 Å². The maximum absolute atomic E-state index is 12.1. The summed E-state index contributed by atoms with van der Waals surface area (Å²) in [5.74, 6) is -13.1. The van der Waals surface area contributed by atoms with Gasteiger partial charge in [-0.25, -0.2) is 19.2 Å². The first-order valence-electron chi connectivity index (χ1n) is 15.8. The number of hydrogen-bond acceptors (Lipinski definition) is 8. The van der Waals surface area contributed by atoms with Crippen molar-refractivity contribution >= 4 is 47.8 Å². The minimum absolute atomic E-state index is 0.00778. The Balaban J connectivity index is 1.76. The molecule has 2 bridgehead atoms. The molecule has 6 atom stereocenters. The van der Waals surface area contributed by atoms with E-state index in [-0.39, 0.29) is 48.3 Å². The average Bonchev–Trinajstić information content (AvgIpc) is 3.71. The van der Waals surface area contributed by atoms with Crippen molar-refractivity contribution < 1.29 is 79.2 Å². The molecule has 3 saturated carbocycles. The first-order chi connectivity index (χ1) is 23.2. The third-order valence-electron chi connectivity index (χ3n) is 10.9. The van der Waals surface area contributed by atoms with E-state index in [1.165, 1.54) is 12.2 Å². The Hall–Kier alpha value is -5.28. The van der Waals surface area contributed by atoms with Crippen molar-refractivity contribution in [3.63, 3.8) is 0 Å². The van der Waals surface area contributed by atoms with E-state index in [9.17, 15) is 69.0 Å². The monoisotopic (exact) mass is 704 g/mol. The highest BCUT2D eigenvalue weighted by Crippen LogP contribution is 2.63. The Bertz CT molecular complexity index is 1550. The van der Waals surface area contributed by atoms with E-state index in [1.807, 2.05) is 0 Å². The van der Waals surface area contributed by atoms with E-state index in [4.69, 9.17) is 10.2 Å². The summed E-state index contributed by atoms with van der Waals surface area (Å²) in [4.78, 5) is 95.0. The van der Waals surface area contributed by atoms with Gasteiger partial charge < -0.3 is 40.9 Å². The van der Waals surface area contributed by atoms with Crippen LogP contribution in [0.25, 0.3) is 0 Å². The smallest absolute Gasteiger partial charge is 0.331 e. The predicted octanol–water partition coefficient (Wildman–Crippen LogP) is 3.24. The molecule has 6 unspecified atom stereocenters. The van der Waals surface area contributed by atoms with Gasteiger partial charge in [-0.05, 0) is 74.0 Å². The molecular weight excluding hydrogens is 664 g/mol. The Morgan fingerprint density at radius 2 is 0.900 bits per heavy atom. The molecule has 16 heteroatoms. The zero-order valence-corrected chi connectivity index (χ0v) is 26.9. The highest BCUT2D eigenvalue weighted by Gasteiger charge is 2.56. The van der Waals surface area contributed by atoms with Crippen molar-refractivity contribution in [2.45, 2.75) is 64.2 Å². The Morgan fingerprint density at radius 1 is 0.500 bits per heavy atom. The SMILES string of the molecule is C=C(CC(C/C(=C/CC1CC2C3CC(C/C=C(/CC(CC(=C)C(=O)O)(C(=O)O)C(=O)O)C(=O)O)C(C3)C2C1)C(=O)O)(C(=O)O)C(=O)O)C(=O)O. The summed E-state index contributed by atoms with van der Waals surface area (Å²) in [5, 5.41) is 77.0. The number of carboxylic acids is 8. The molecule has 0 aromatic rings. The summed E-state index contributed by atoms with van der Waals surface area (Å²) in [6.07, 6.45) is 2.01. The molecule has 0 radical (unpaired) electrons. The quantitative estimate of drug-likeness (QED) is 0.0666. The third-order valence-corrected chi connectivity index (χ3v) is 10.9. The van der Waals surface area contributed by atoms with Crippen LogP contribution in [0, 0.1) is 46.3 Å². The van der Waals surface area contributed by atoms with Crippen LogP contribution in [0.5, 0.6) is 0 Å². The van der Waals surface area contributed by atoms with E-state index >= 15 is 0 Å². The van der Waals surface area contributed by atoms with Gasteiger partial charge in [0.25, 0.3) is 0 Å². The van der Waals surface area contributed by atoms with Crippen LogP contribution in [0.1, 0.15) is 64.2 Å². The average molecular weight is 705 g/mol. The Morgan fingerprint density at radius 3 is 1.28 bits per heavy atom. The van der Waals surface area contributed by atoms with Crippen LogP contribution in [-0.2, 0) is 38.4 Å². The zero-order valence-electron chi connectivity index (χ0n) is 26.9. The fourth-order valence-electron chi connectivity index (χ4n) is 8.30. The fourth-order valence-corrected chi connectivity index (χ4v) is 8.30. The molecule has 8 N–H and O–H groups in total. The molecule has 0 heterocycles. The molecule has 0 saturated heterocycles. The summed E-state index contributed by atoms with van der Waals surface area (Å²) < 4.78 is 0. The van der Waals surface area contributed by atoms with Crippen molar-refractivity contribution in [2.75, 3.05) is 0 Å². The van der Waals surface area contributed by atoms with Crippen LogP contribution in [-0.4, -0.2) is 88.6 Å². The molecule has 3 aliphatic rings. The lowest BCUT2D eigenvalue weighted by Gasteiger charge is -2.31. The molecule has 0 aromatic carbocycles. The molecule has 50 heavy (non-hydrogen) atoms. The van der Waals surface area contributed by atoms with Crippen LogP contribution in [0.4, 0.5) is 0 Å². The van der Waals surface area contributed by atoms with Gasteiger partial charge in [-0.3, -0.25) is 19.2 Å².